The van der Waals surface area contributed by atoms with Gasteiger partial charge in [-0.15, -0.1) is 0 Å². The SMILES string of the molecule is C[Si](C)(Cl)[Si](C)(c1ccccc1)c1ccccc1. The number of hydrogen-bond donors (Lipinski definition) is 0. The fourth-order valence-electron chi connectivity index (χ4n) is 2.40. The predicted molar refractivity (Wildman–Crippen MR) is 87.1 cm³/mol. The van der Waals surface area contributed by atoms with Crippen molar-refractivity contribution in [3.05, 3.63) is 60.7 Å². The van der Waals surface area contributed by atoms with Crippen LogP contribution >= 0.6 is 11.1 Å². The van der Waals surface area contributed by atoms with Gasteiger partial charge in [0.25, 0.3) is 0 Å². The summed E-state index contributed by atoms with van der Waals surface area (Å²) in [5.41, 5.74) is 0. The lowest BCUT2D eigenvalue weighted by Crippen LogP contribution is -2.70. The Balaban J connectivity index is 2.63. The van der Waals surface area contributed by atoms with Gasteiger partial charge in [-0.05, 0) is 0 Å². The van der Waals surface area contributed by atoms with E-state index in [0.29, 0.717) is 0 Å². The summed E-state index contributed by atoms with van der Waals surface area (Å²) < 4.78 is 0. The zero-order chi connectivity index (χ0) is 13.2. The van der Waals surface area contributed by atoms with Crippen molar-refractivity contribution in [3.63, 3.8) is 0 Å². The molecule has 0 saturated heterocycles. The van der Waals surface area contributed by atoms with E-state index in [2.05, 4.69) is 80.3 Å². The lowest BCUT2D eigenvalue weighted by atomic mass is 10.4. The van der Waals surface area contributed by atoms with Gasteiger partial charge in [-0.1, -0.05) is 90.7 Å². The van der Waals surface area contributed by atoms with Crippen LogP contribution in [-0.4, -0.2) is 14.5 Å². The van der Waals surface area contributed by atoms with E-state index in [0.717, 1.165) is 0 Å². The van der Waals surface area contributed by atoms with E-state index in [1.165, 1.54) is 10.4 Å². The fourth-order valence-corrected chi connectivity index (χ4v) is 12.9. The molecular formula is C15H19ClSi2. The van der Waals surface area contributed by atoms with Gasteiger partial charge in [0, 0.05) is 0 Å². The van der Waals surface area contributed by atoms with E-state index in [1.807, 2.05) is 0 Å². The molecule has 0 aromatic heterocycles. The molecule has 0 heterocycles. The zero-order valence-corrected chi connectivity index (χ0v) is 13.9. The molecule has 3 heteroatoms. The second-order valence-electron chi connectivity index (χ2n) is 5.33. The van der Waals surface area contributed by atoms with Gasteiger partial charge in [-0.2, -0.15) is 11.1 Å². The minimum absolute atomic E-state index is 1.45. The van der Waals surface area contributed by atoms with Crippen LogP contribution in [0.2, 0.25) is 19.6 Å². The fraction of sp³-hybridized carbons (Fsp3) is 0.200. The summed E-state index contributed by atoms with van der Waals surface area (Å²) in [5.74, 6) is 0. The molecule has 0 aliphatic carbocycles. The van der Waals surface area contributed by atoms with Crippen LogP contribution in [0.15, 0.2) is 60.7 Å². The Labute approximate surface area is 116 Å². The number of rotatable bonds is 3. The van der Waals surface area contributed by atoms with E-state index < -0.39 is 14.5 Å². The van der Waals surface area contributed by atoms with Crippen molar-refractivity contribution in [1.82, 2.24) is 0 Å². The first-order valence-corrected chi connectivity index (χ1v) is 13.8. The van der Waals surface area contributed by atoms with Gasteiger partial charge < -0.3 is 0 Å². The average Bonchev–Trinajstić information content (AvgIpc) is 2.38. The average molecular weight is 291 g/mol. The minimum atomic E-state index is -1.80. The van der Waals surface area contributed by atoms with Crippen LogP contribution in [0.5, 0.6) is 0 Å². The Bertz CT molecular complexity index is 464. The lowest BCUT2D eigenvalue weighted by Gasteiger charge is -2.37. The van der Waals surface area contributed by atoms with E-state index in [9.17, 15) is 0 Å². The van der Waals surface area contributed by atoms with E-state index in [-0.39, 0.29) is 0 Å². The molecule has 94 valence electrons. The molecule has 0 radical (unpaired) electrons. The molecule has 0 unspecified atom stereocenters. The molecule has 2 aromatic carbocycles. The van der Waals surface area contributed by atoms with Crippen LogP contribution in [0.4, 0.5) is 0 Å². The number of hydrogen-bond acceptors (Lipinski definition) is 0. The molecular weight excluding hydrogens is 272 g/mol. The van der Waals surface area contributed by atoms with E-state index in [1.54, 1.807) is 0 Å². The molecule has 0 amide bonds. The van der Waals surface area contributed by atoms with Crippen molar-refractivity contribution >= 4 is 35.9 Å². The highest BCUT2D eigenvalue weighted by Crippen LogP contribution is 2.23. The van der Waals surface area contributed by atoms with Crippen LogP contribution in [0, 0.1) is 0 Å². The predicted octanol–water partition coefficient (Wildman–Crippen LogP) is 3.40. The summed E-state index contributed by atoms with van der Waals surface area (Å²) in [6.45, 7) is 5.19. The first-order valence-electron chi connectivity index (χ1n) is 6.26. The molecule has 0 N–H and O–H groups in total. The molecule has 0 nitrogen and oxygen atoms in total. The first kappa shape index (κ1) is 13.6. The molecule has 0 bridgehead atoms. The second kappa shape index (κ2) is 5.04. The summed E-state index contributed by atoms with van der Waals surface area (Å²) in [7, 11) is -1.80. The van der Waals surface area contributed by atoms with E-state index in [4.69, 9.17) is 11.1 Å². The lowest BCUT2D eigenvalue weighted by molar-refractivity contribution is 1.70. The van der Waals surface area contributed by atoms with Crippen LogP contribution in [-0.2, 0) is 0 Å². The minimum Gasteiger partial charge on any atom is -0.170 e. The third-order valence-electron chi connectivity index (χ3n) is 3.89. The summed E-state index contributed by atoms with van der Waals surface area (Å²) in [5, 5.41) is 2.89. The molecule has 0 saturated carbocycles. The third kappa shape index (κ3) is 2.33. The summed E-state index contributed by atoms with van der Waals surface area (Å²) in [6.07, 6.45) is 0. The van der Waals surface area contributed by atoms with Gasteiger partial charge >= 0.3 is 0 Å². The summed E-state index contributed by atoms with van der Waals surface area (Å²) in [4.78, 5) is 0. The van der Waals surface area contributed by atoms with Gasteiger partial charge in [0.05, 0.1) is 0 Å². The topological polar surface area (TPSA) is 0 Å². The molecule has 2 rings (SSSR count). The second-order valence-corrected chi connectivity index (χ2v) is 22.2. The molecule has 2 aromatic rings. The van der Waals surface area contributed by atoms with Gasteiger partial charge in [0.1, 0.15) is 7.59 Å². The Morgan fingerprint density at radius 1 is 0.667 bits per heavy atom. The van der Waals surface area contributed by atoms with Crippen LogP contribution < -0.4 is 10.4 Å². The normalized spacial score (nSPS) is 12.4. The highest BCUT2D eigenvalue weighted by Gasteiger charge is 2.46. The van der Waals surface area contributed by atoms with Gasteiger partial charge in [-0.25, -0.2) is 0 Å². The molecule has 0 aliphatic rings. The molecule has 0 aliphatic heterocycles. The molecule has 18 heavy (non-hydrogen) atoms. The monoisotopic (exact) mass is 290 g/mol. The number of benzene rings is 2. The smallest absolute Gasteiger partial charge is 0.151 e. The van der Waals surface area contributed by atoms with Crippen molar-refractivity contribution in [2.24, 2.45) is 0 Å². The van der Waals surface area contributed by atoms with Crippen molar-refractivity contribution in [1.29, 1.82) is 0 Å². The molecule has 0 atom stereocenters. The Morgan fingerprint density at radius 2 is 1.00 bits per heavy atom. The zero-order valence-electron chi connectivity index (χ0n) is 11.2. The van der Waals surface area contributed by atoms with Crippen LogP contribution in [0.1, 0.15) is 0 Å². The summed E-state index contributed by atoms with van der Waals surface area (Å²) >= 11 is 6.91. The molecule has 0 spiro atoms. The Morgan fingerprint density at radius 3 is 1.28 bits per heavy atom. The highest BCUT2D eigenvalue weighted by molar-refractivity contribution is 7.65. The van der Waals surface area contributed by atoms with Gasteiger partial charge in [-0.3, -0.25) is 0 Å². The maximum Gasteiger partial charge on any atom is 0.151 e. The third-order valence-corrected chi connectivity index (χ3v) is 21.5. The largest absolute Gasteiger partial charge is 0.170 e. The maximum atomic E-state index is 6.91. The molecule has 0 fully saturated rings. The van der Waals surface area contributed by atoms with Crippen LogP contribution in [0.3, 0.4) is 0 Å². The first-order chi connectivity index (χ1) is 8.46. The van der Waals surface area contributed by atoms with Gasteiger partial charge in [0.15, 0.2) is 6.90 Å². The van der Waals surface area contributed by atoms with Crippen molar-refractivity contribution in [3.8, 4) is 0 Å². The standard InChI is InChI=1S/C15H19ClSi2/c1-17(2,16)18(3,14-10-6-4-7-11-14)15-12-8-5-9-13-15/h4-13H,1-3H3. The van der Waals surface area contributed by atoms with Crippen LogP contribution in [0.25, 0.3) is 0 Å². The Kier molecular flexibility index (Phi) is 3.80. The maximum absolute atomic E-state index is 6.91. The Hall–Kier alpha value is -0.836. The van der Waals surface area contributed by atoms with Crippen molar-refractivity contribution < 1.29 is 0 Å². The highest BCUT2D eigenvalue weighted by atomic mass is 35.6. The van der Waals surface area contributed by atoms with E-state index >= 15 is 0 Å². The van der Waals surface area contributed by atoms with Crippen molar-refractivity contribution in [2.45, 2.75) is 19.6 Å². The number of halogens is 1. The van der Waals surface area contributed by atoms with Crippen molar-refractivity contribution in [2.75, 3.05) is 0 Å². The summed E-state index contributed by atoms with van der Waals surface area (Å²) in [6, 6.07) is 21.6. The van der Waals surface area contributed by atoms with Gasteiger partial charge in [0.2, 0.25) is 0 Å². The quantitative estimate of drug-likeness (QED) is 0.600.